The van der Waals surface area contributed by atoms with Gasteiger partial charge in [0, 0.05) is 6.54 Å². The molecule has 2 atom stereocenters. The molecule has 0 saturated heterocycles. The van der Waals surface area contributed by atoms with Gasteiger partial charge in [0.1, 0.15) is 0 Å². The lowest BCUT2D eigenvalue weighted by molar-refractivity contribution is -0.0168. The van der Waals surface area contributed by atoms with Crippen molar-refractivity contribution in [2.24, 2.45) is 5.92 Å². The first-order valence-electron chi connectivity index (χ1n) is 8.06. The molecule has 1 aliphatic carbocycles. The minimum atomic E-state index is 0.424. The number of hydrogen-bond donors (Lipinski definition) is 1. The van der Waals surface area contributed by atoms with Crippen LogP contribution in [0, 0.1) is 5.92 Å². The van der Waals surface area contributed by atoms with Crippen LogP contribution < -0.4 is 5.32 Å². The Balaban J connectivity index is 1.81. The summed E-state index contributed by atoms with van der Waals surface area (Å²) in [6.45, 7) is 7.03. The lowest BCUT2D eigenvalue weighted by Gasteiger charge is -2.28. The van der Waals surface area contributed by atoms with Gasteiger partial charge in [-0.25, -0.2) is 0 Å². The SMILES string of the molecule is CCCNCc1cccc(COC2CCCCC2C)n1. The molecule has 0 radical (unpaired) electrons. The van der Waals surface area contributed by atoms with Crippen LogP contribution in [0.5, 0.6) is 0 Å². The molecule has 1 aromatic heterocycles. The summed E-state index contributed by atoms with van der Waals surface area (Å²) < 4.78 is 6.08. The predicted octanol–water partition coefficient (Wildman–Crippen LogP) is 3.68. The first kappa shape index (κ1) is 15.5. The fourth-order valence-electron chi connectivity index (χ4n) is 2.82. The van der Waals surface area contributed by atoms with Crippen molar-refractivity contribution in [3.63, 3.8) is 0 Å². The zero-order chi connectivity index (χ0) is 14.2. The average molecular weight is 276 g/mol. The van der Waals surface area contributed by atoms with Crippen molar-refractivity contribution in [1.29, 1.82) is 0 Å². The molecule has 3 nitrogen and oxygen atoms in total. The Labute approximate surface area is 123 Å². The highest BCUT2D eigenvalue weighted by Crippen LogP contribution is 2.26. The molecule has 0 amide bonds. The van der Waals surface area contributed by atoms with Gasteiger partial charge in [0.15, 0.2) is 0 Å². The fourth-order valence-corrected chi connectivity index (χ4v) is 2.82. The summed E-state index contributed by atoms with van der Waals surface area (Å²) >= 11 is 0. The second kappa shape index (κ2) is 8.38. The third-order valence-corrected chi connectivity index (χ3v) is 4.08. The Morgan fingerprint density at radius 1 is 1.25 bits per heavy atom. The van der Waals surface area contributed by atoms with E-state index in [2.05, 4.69) is 42.3 Å². The third-order valence-electron chi connectivity index (χ3n) is 4.08. The minimum absolute atomic E-state index is 0.424. The van der Waals surface area contributed by atoms with E-state index in [1.54, 1.807) is 0 Å². The summed E-state index contributed by atoms with van der Waals surface area (Å²) in [5.74, 6) is 0.693. The van der Waals surface area contributed by atoms with E-state index >= 15 is 0 Å². The topological polar surface area (TPSA) is 34.1 Å². The van der Waals surface area contributed by atoms with Crippen molar-refractivity contribution in [3.05, 3.63) is 29.6 Å². The largest absolute Gasteiger partial charge is 0.372 e. The molecule has 112 valence electrons. The molecule has 0 spiro atoms. The van der Waals surface area contributed by atoms with Crippen molar-refractivity contribution >= 4 is 0 Å². The lowest BCUT2D eigenvalue weighted by Crippen LogP contribution is -2.25. The van der Waals surface area contributed by atoms with Gasteiger partial charge in [0.2, 0.25) is 0 Å². The Bertz CT molecular complexity index is 394. The number of nitrogens with zero attached hydrogens (tertiary/aromatic N) is 1. The number of hydrogen-bond acceptors (Lipinski definition) is 3. The van der Waals surface area contributed by atoms with E-state index < -0.39 is 0 Å². The van der Waals surface area contributed by atoms with Gasteiger partial charge < -0.3 is 10.1 Å². The molecular formula is C17H28N2O. The summed E-state index contributed by atoms with van der Waals surface area (Å²) in [5.41, 5.74) is 2.16. The van der Waals surface area contributed by atoms with E-state index in [0.717, 1.165) is 30.9 Å². The second-order valence-electron chi connectivity index (χ2n) is 5.91. The van der Waals surface area contributed by atoms with Crippen LogP contribution in [0.15, 0.2) is 18.2 Å². The Kier molecular flexibility index (Phi) is 6.48. The van der Waals surface area contributed by atoms with Crippen LogP contribution in [0.3, 0.4) is 0 Å². The number of nitrogens with one attached hydrogen (secondary N) is 1. The quantitative estimate of drug-likeness (QED) is 0.771. The molecule has 3 heteroatoms. The standard InChI is InChI=1S/C17H28N2O/c1-3-11-18-12-15-8-6-9-16(19-15)13-20-17-10-5-4-7-14(17)2/h6,8-9,14,17-18H,3-5,7,10-13H2,1-2H3. The maximum atomic E-state index is 6.08. The van der Waals surface area contributed by atoms with Crippen molar-refractivity contribution in [1.82, 2.24) is 10.3 Å². The van der Waals surface area contributed by atoms with Crippen LogP contribution in [-0.4, -0.2) is 17.6 Å². The first-order valence-corrected chi connectivity index (χ1v) is 8.06. The zero-order valence-corrected chi connectivity index (χ0v) is 12.9. The molecule has 1 heterocycles. The van der Waals surface area contributed by atoms with Crippen LogP contribution >= 0.6 is 0 Å². The molecular weight excluding hydrogens is 248 g/mol. The molecule has 1 saturated carbocycles. The Morgan fingerprint density at radius 2 is 2.05 bits per heavy atom. The van der Waals surface area contributed by atoms with Gasteiger partial charge in [-0.15, -0.1) is 0 Å². The second-order valence-corrected chi connectivity index (χ2v) is 5.91. The fraction of sp³-hybridized carbons (Fsp3) is 0.706. The Hall–Kier alpha value is -0.930. The van der Waals surface area contributed by atoms with Crippen LogP contribution in [0.25, 0.3) is 0 Å². The third kappa shape index (κ3) is 4.88. The molecule has 2 unspecified atom stereocenters. The molecule has 1 fully saturated rings. The molecule has 1 aromatic rings. The van der Waals surface area contributed by atoms with Gasteiger partial charge in [-0.05, 0) is 43.9 Å². The van der Waals surface area contributed by atoms with Crippen LogP contribution in [0.1, 0.15) is 57.3 Å². The summed E-state index contributed by atoms with van der Waals surface area (Å²) in [4.78, 5) is 4.67. The van der Waals surface area contributed by atoms with Crippen LogP contribution in [0.4, 0.5) is 0 Å². The van der Waals surface area contributed by atoms with Crippen molar-refractivity contribution in [3.8, 4) is 0 Å². The smallest absolute Gasteiger partial charge is 0.0891 e. The first-order chi connectivity index (χ1) is 9.79. The molecule has 0 bridgehead atoms. The normalized spacial score (nSPS) is 22.9. The average Bonchev–Trinajstić information content (AvgIpc) is 2.47. The highest BCUT2D eigenvalue weighted by Gasteiger charge is 2.21. The van der Waals surface area contributed by atoms with E-state index in [4.69, 9.17) is 4.74 Å². The maximum Gasteiger partial charge on any atom is 0.0891 e. The molecule has 1 N–H and O–H groups in total. The highest BCUT2D eigenvalue weighted by atomic mass is 16.5. The number of pyridine rings is 1. The van der Waals surface area contributed by atoms with Gasteiger partial charge in [-0.1, -0.05) is 32.8 Å². The van der Waals surface area contributed by atoms with E-state index in [1.165, 1.54) is 25.7 Å². The van der Waals surface area contributed by atoms with E-state index in [0.29, 0.717) is 18.6 Å². The summed E-state index contributed by atoms with van der Waals surface area (Å²) in [6, 6.07) is 6.23. The van der Waals surface area contributed by atoms with Crippen molar-refractivity contribution in [2.45, 2.75) is 65.2 Å². The van der Waals surface area contributed by atoms with Crippen molar-refractivity contribution in [2.75, 3.05) is 6.54 Å². The van der Waals surface area contributed by atoms with Crippen molar-refractivity contribution < 1.29 is 4.74 Å². The van der Waals surface area contributed by atoms with Crippen LogP contribution in [-0.2, 0) is 17.9 Å². The predicted molar refractivity (Wildman–Crippen MR) is 82.4 cm³/mol. The van der Waals surface area contributed by atoms with Gasteiger partial charge in [-0.2, -0.15) is 0 Å². The van der Waals surface area contributed by atoms with Gasteiger partial charge >= 0.3 is 0 Å². The number of ether oxygens (including phenoxy) is 1. The Morgan fingerprint density at radius 3 is 2.85 bits per heavy atom. The molecule has 20 heavy (non-hydrogen) atoms. The molecule has 1 aliphatic rings. The van der Waals surface area contributed by atoms with E-state index in [1.807, 2.05) is 0 Å². The van der Waals surface area contributed by atoms with Gasteiger partial charge in [-0.3, -0.25) is 4.98 Å². The summed E-state index contributed by atoms with van der Waals surface area (Å²) in [6.07, 6.45) is 6.76. The van der Waals surface area contributed by atoms with E-state index in [-0.39, 0.29) is 0 Å². The monoisotopic (exact) mass is 276 g/mol. The lowest BCUT2D eigenvalue weighted by atomic mass is 9.88. The highest BCUT2D eigenvalue weighted by molar-refractivity contribution is 5.10. The summed E-state index contributed by atoms with van der Waals surface area (Å²) in [7, 11) is 0. The maximum absolute atomic E-state index is 6.08. The van der Waals surface area contributed by atoms with Gasteiger partial charge in [0.05, 0.1) is 24.1 Å². The van der Waals surface area contributed by atoms with E-state index in [9.17, 15) is 0 Å². The zero-order valence-electron chi connectivity index (χ0n) is 12.9. The minimum Gasteiger partial charge on any atom is -0.372 e. The number of rotatable bonds is 7. The summed E-state index contributed by atoms with van der Waals surface area (Å²) in [5, 5.41) is 3.39. The van der Waals surface area contributed by atoms with Gasteiger partial charge in [0.25, 0.3) is 0 Å². The number of aromatic nitrogens is 1. The van der Waals surface area contributed by atoms with Crippen LogP contribution in [0.2, 0.25) is 0 Å². The molecule has 2 rings (SSSR count). The molecule has 0 aliphatic heterocycles. The molecule has 0 aromatic carbocycles.